The normalized spacial score (nSPS) is 16.6. The number of allylic oxidation sites excluding steroid dienone is 1. The van der Waals surface area contributed by atoms with E-state index in [-0.39, 0.29) is 11.2 Å². The maximum Gasteiger partial charge on any atom is 0.231 e. The lowest BCUT2D eigenvalue weighted by Crippen LogP contribution is -2.34. The van der Waals surface area contributed by atoms with Crippen molar-refractivity contribution in [2.24, 2.45) is 0 Å². The van der Waals surface area contributed by atoms with Gasteiger partial charge in [-0.3, -0.25) is 9.69 Å². The van der Waals surface area contributed by atoms with E-state index in [1.54, 1.807) is 0 Å². The van der Waals surface area contributed by atoms with Crippen LogP contribution in [0.4, 0.5) is 0 Å². The number of carbonyl (C=O) groups is 1. The third kappa shape index (κ3) is 4.86. The second kappa shape index (κ2) is 9.18. The van der Waals surface area contributed by atoms with Crippen LogP contribution in [0.1, 0.15) is 58.9 Å². The monoisotopic (exact) mass is 487 g/mol. The van der Waals surface area contributed by atoms with Gasteiger partial charge >= 0.3 is 0 Å². The molecule has 0 radical (unpaired) electrons. The van der Waals surface area contributed by atoms with E-state index in [9.17, 15) is 4.79 Å². The summed E-state index contributed by atoms with van der Waals surface area (Å²) >= 11 is 6.00. The lowest BCUT2D eigenvalue weighted by Gasteiger charge is -2.30. The Hall–Kier alpha value is -3.08. The number of ketones is 1. The molecular weight excluding hydrogens is 458 g/mol. The molecule has 3 aromatic rings. The molecule has 4 nitrogen and oxygen atoms in total. The summed E-state index contributed by atoms with van der Waals surface area (Å²) in [5, 5.41) is 0.746. The Bertz CT molecular complexity index is 1300. The summed E-state index contributed by atoms with van der Waals surface area (Å²) in [6.07, 6.45) is 2.73. The molecule has 0 aliphatic carbocycles. The van der Waals surface area contributed by atoms with Crippen molar-refractivity contribution in [3.05, 3.63) is 98.8 Å². The molecule has 35 heavy (non-hydrogen) atoms. The molecule has 0 spiro atoms. The minimum atomic E-state index is -0.0796. The zero-order valence-corrected chi connectivity index (χ0v) is 21.4. The molecule has 2 heterocycles. The summed E-state index contributed by atoms with van der Waals surface area (Å²) in [4.78, 5) is 15.5. The van der Waals surface area contributed by atoms with Crippen molar-refractivity contribution in [1.29, 1.82) is 0 Å². The molecular formula is C30H30ClNO3. The van der Waals surface area contributed by atoms with Gasteiger partial charge in [0.2, 0.25) is 5.78 Å². The van der Waals surface area contributed by atoms with Crippen LogP contribution < -0.4 is 9.47 Å². The van der Waals surface area contributed by atoms with Crippen LogP contribution in [0.5, 0.6) is 11.5 Å². The molecule has 3 aromatic carbocycles. The highest BCUT2D eigenvalue weighted by Crippen LogP contribution is 2.43. The molecule has 2 aliphatic rings. The van der Waals surface area contributed by atoms with E-state index in [4.69, 9.17) is 21.1 Å². The topological polar surface area (TPSA) is 38.8 Å². The second-order valence-electron chi connectivity index (χ2n) is 10.4. The highest BCUT2D eigenvalue weighted by atomic mass is 35.5. The standard InChI is InChI=1S/C30H30ClNO3/c1-19-28-22(17-32(18-34-28)14-13-20-7-11-24(31)12-8-20)16-25-27(33)26(35-29(19)25)15-21-5-9-23(10-6-21)30(2,3)4/h5-12,15-16H,13-14,17-18H2,1-4H3/b26-15-. The largest absolute Gasteiger partial charge is 0.477 e. The van der Waals surface area contributed by atoms with Crippen molar-refractivity contribution in [2.75, 3.05) is 13.3 Å². The first-order valence-corrected chi connectivity index (χ1v) is 12.4. The molecule has 0 saturated heterocycles. The third-order valence-corrected chi connectivity index (χ3v) is 6.96. The van der Waals surface area contributed by atoms with Gasteiger partial charge in [-0.2, -0.15) is 0 Å². The number of ether oxygens (including phenoxy) is 2. The summed E-state index contributed by atoms with van der Waals surface area (Å²) in [7, 11) is 0. The lowest BCUT2D eigenvalue weighted by molar-refractivity contribution is 0.0954. The maximum atomic E-state index is 13.2. The fourth-order valence-corrected chi connectivity index (χ4v) is 4.73. The minimum Gasteiger partial charge on any atom is -0.477 e. The van der Waals surface area contributed by atoms with Gasteiger partial charge in [0, 0.05) is 29.2 Å². The van der Waals surface area contributed by atoms with E-state index in [1.165, 1.54) is 11.1 Å². The fraction of sp³-hybridized carbons (Fsp3) is 0.300. The Morgan fingerprint density at radius 1 is 1.03 bits per heavy atom. The Balaban J connectivity index is 1.33. The molecule has 5 rings (SSSR count). The van der Waals surface area contributed by atoms with E-state index in [2.05, 4.69) is 49.9 Å². The summed E-state index contributed by atoms with van der Waals surface area (Å²) in [5.41, 5.74) is 6.04. The van der Waals surface area contributed by atoms with Gasteiger partial charge in [0.1, 0.15) is 18.2 Å². The smallest absolute Gasteiger partial charge is 0.231 e. The van der Waals surface area contributed by atoms with Gasteiger partial charge in [-0.25, -0.2) is 0 Å². The summed E-state index contributed by atoms with van der Waals surface area (Å²) in [6.45, 7) is 10.6. The van der Waals surface area contributed by atoms with Gasteiger partial charge < -0.3 is 9.47 Å². The van der Waals surface area contributed by atoms with Crippen molar-refractivity contribution in [3.8, 4) is 11.5 Å². The first-order valence-electron chi connectivity index (χ1n) is 12.0. The zero-order valence-electron chi connectivity index (χ0n) is 20.7. The van der Waals surface area contributed by atoms with Crippen molar-refractivity contribution in [2.45, 2.75) is 46.1 Å². The summed E-state index contributed by atoms with van der Waals surface area (Å²) in [6, 6.07) is 18.2. The van der Waals surface area contributed by atoms with E-state index in [0.29, 0.717) is 23.8 Å². The van der Waals surface area contributed by atoms with E-state index in [1.807, 2.05) is 43.3 Å². The van der Waals surface area contributed by atoms with E-state index < -0.39 is 0 Å². The van der Waals surface area contributed by atoms with Gasteiger partial charge in [-0.15, -0.1) is 0 Å². The van der Waals surface area contributed by atoms with Gasteiger partial charge in [0.15, 0.2) is 5.76 Å². The third-order valence-electron chi connectivity index (χ3n) is 6.71. The highest BCUT2D eigenvalue weighted by Gasteiger charge is 2.33. The lowest BCUT2D eigenvalue weighted by atomic mass is 9.86. The first-order chi connectivity index (χ1) is 16.7. The molecule has 0 amide bonds. The number of Topliss-reactive ketones (excluding diaryl/α,β-unsaturated/α-hetero) is 1. The molecule has 0 unspecified atom stereocenters. The van der Waals surface area contributed by atoms with Crippen LogP contribution in [-0.4, -0.2) is 24.0 Å². The van der Waals surface area contributed by atoms with Crippen LogP contribution in [0.3, 0.4) is 0 Å². The minimum absolute atomic E-state index is 0.0796. The molecule has 180 valence electrons. The number of fused-ring (bicyclic) bond motifs is 2. The zero-order chi connectivity index (χ0) is 24.7. The quantitative estimate of drug-likeness (QED) is 0.373. The number of rotatable bonds is 4. The number of carbonyl (C=O) groups excluding carboxylic acids is 1. The summed E-state index contributed by atoms with van der Waals surface area (Å²) in [5.74, 6) is 1.72. The molecule has 0 fully saturated rings. The van der Waals surface area contributed by atoms with Crippen molar-refractivity contribution >= 4 is 23.5 Å². The predicted octanol–water partition coefficient (Wildman–Crippen LogP) is 6.96. The Morgan fingerprint density at radius 3 is 2.43 bits per heavy atom. The molecule has 5 heteroatoms. The molecule has 2 aliphatic heterocycles. The van der Waals surface area contributed by atoms with Crippen molar-refractivity contribution in [1.82, 2.24) is 4.90 Å². The van der Waals surface area contributed by atoms with Crippen LogP contribution in [0.25, 0.3) is 6.08 Å². The van der Waals surface area contributed by atoms with Gasteiger partial charge in [0.05, 0.1) is 5.56 Å². The second-order valence-corrected chi connectivity index (χ2v) is 10.8. The number of hydrogen-bond donors (Lipinski definition) is 0. The van der Waals surface area contributed by atoms with Crippen LogP contribution in [-0.2, 0) is 18.4 Å². The highest BCUT2D eigenvalue weighted by molar-refractivity contribution is 6.30. The average molecular weight is 488 g/mol. The number of hydrogen-bond acceptors (Lipinski definition) is 4. The average Bonchev–Trinajstić information content (AvgIpc) is 3.14. The molecule has 0 N–H and O–H groups in total. The molecule has 0 aromatic heterocycles. The number of benzene rings is 3. The fourth-order valence-electron chi connectivity index (χ4n) is 4.61. The van der Waals surface area contributed by atoms with Crippen LogP contribution in [0.2, 0.25) is 5.02 Å². The van der Waals surface area contributed by atoms with Crippen molar-refractivity contribution in [3.63, 3.8) is 0 Å². The Labute approximate surface area is 212 Å². The van der Waals surface area contributed by atoms with E-state index >= 15 is 0 Å². The summed E-state index contributed by atoms with van der Waals surface area (Å²) < 4.78 is 12.2. The molecule has 0 saturated carbocycles. The SMILES string of the molecule is Cc1c2c(cc3c1O/C(=C\c1ccc(C(C)(C)C)cc1)C3=O)CN(CCc1ccc(Cl)cc1)CO2. The van der Waals surface area contributed by atoms with Crippen LogP contribution >= 0.6 is 11.6 Å². The van der Waals surface area contributed by atoms with Crippen molar-refractivity contribution < 1.29 is 14.3 Å². The predicted molar refractivity (Wildman–Crippen MR) is 140 cm³/mol. The maximum absolute atomic E-state index is 13.2. The van der Waals surface area contributed by atoms with Crippen LogP contribution in [0.15, 0.2) is 60.4 Å². The molecule has 0 atom stereocenters. The van der Waals surface area contributed by atoms with Crippen LogP contribution in [0, 0.1) is 6.92 Å². The molecule has 0 bridgehead atoms. The van der Waals surface area contributed by atoms with E-state index in [0.717, 1.165) is 47.0 Å². The first kappa shape index (κ1) is 23.7. The number of halogens is 1. The van der Waals surface area contributed by atoms with Gasteiger partial charge in [-0.05, 0) is 59.7 Å². The van der Waals surface area contributed by atoms with Gasteiger partial charge in [-0.1, -0.05) is 68.8 Å². The Kier molecular flexibility index (Phi) is 6.20. The van der Waals surface area contributed by atoms with Gasteiger partial charge in [0.25, 0.3) is 0 Å². The number of nitrogens with zero attached hydrogens (tertiary/aromatic N) is 1. The Morgan fingerprint density at radius 2 is 1.74 bits per heavy atom.